The normalized spacial score (nSPS) is 12.6. The molecule has 0 fully saturated rings. The Morgan fingerprint density at radius 3 is 2.55 bits per heavy atom. The Labute approximate surface area is 129 Å². The number of carbonyl (C=O) groups is 2. The number of hydrogen-bond acceptors (Lipinski definition) is 6. The summed E-state index contributed by atoms with van der Waals surface area (Å²) in [6.07, 6.45) is -0.693. The summed E-state index contributed by atoms with van der Waals surface area (Å²) in [5, 5.41) is 0. The summed E-state index contributed by atoms with van der Waals surface area (Å²) < 4.78 is 15.1. The van der Waals surface area contributed by atoms with Crippen LogP contribution < -0.4 is 10.5 Å². The van der Waals surface area contributed by atoms with Crippen molar-refractivity contribution in [3.63, 3.8) is 0 Å². The van der Waals surface area contributed by atoms with E-state index < -0.39 is 12.3 Å². The smallest absolute Gasteiger partial charge is 0.461 e. The van der Waals surface area contributed by atoms with E-state index in [0.717, 1.165) is 0 Å². The van der Waals surface area contributed by atoms with Gasteiger partial charge >= 0.3 is 6.16 Å². The number of aldehydes is 1. The summed E-state index contributed by atoms with van der Waals surface area (Å²) in [5.74, 6) is 0.151. The van der Waals surface area contributed by atoms with Crippen molar-refractivity contribution in [3.8, 4) is 5.75 Å². The van der Waals surface area contributed by atoms with Crippen molar-refractivity contribution in [2.24, 2.45) is 5.73 Å². The number of carbonyl (C=O) groups excluding carboxylic acids is 2. The van der Waals surface area contributed by atoms with Gasteiger partial charge in [0.1, 0.15) is 5.75 Å². The molecule has 1 aromatic carbocycles. The van der Waals surface area contributed by atoms with Gasteiger partial charge in [-0.2, -0.15) is 0 Å². The molecule has 0 saturated heterocycles. The second kappa shape index (κ2) is 8.51. The first-order chi connectivity index (χ1) is 10.5. The van der Waals surface area contributed by atoms with Crippen LogP contribution in [-0.2, 0) is 14.3 Å². The third-order valence-electron chi connectivity index (χ3n) is 2.76. The fraction of sp³-hybridized carbons (Fsp3) is 0.250. The van der Waals surface area contributed by atoms with Gasteiger partial charge in [-0.15, -0.1) is 0 Å². The van der Waals surface area contributed by atoms with E-state index in [9.17, 15) is 9.59 Å². The van der Waals surface area contributed by atoms with Gasteiger partial charge < -0.3 is 19.9 Å². The third kappa shape index (κ3) is 5.32. The van der Waals surface area contributed by atoms with Gasteiger partial charge in [0.05, 0.1) is 0 Å². The first-order valence-corrected chi connectivity index (χ1v) is 6.68. The zero-order valence-electron chi connectivity index (χ0n) is 12.6. The molecule has 118 valence electrons. The van der Waals surface area contributed by atoms with Gasteiger partial charge in [0.2, 0.25) is 5.88 Å². The van der Waals surface area contributed by atoms with Crippen LogP contribution in [0.5, 0.6) is 5.75 Å². The molecule has 0 aliphatic heterocycles. The second-order valence-corrected chi connectivity index (χ2v) is 4.37. The van der Waals surface area contributed by atoms with Gasteiger partial charge in [0.15, 0.2) is 18.1 Å². The maximum absolute atomic E-state index is 11.6. The lowest BCUT2D eigenvalue weighted by atomic mass is 10.1. The maximum atomic E-state index is 11.6. The lowest BCUT2D eigenvalue weighted by Crippen LogP contribution is -2.22. The summed E-state index contributed by atoms with van der Waals surface area (Å²) in [4.78, 5) is 22.5. The van der Waals surface area contributed by atoms with Crippen LogP contribution in [0.4, 0.5) is 4.79 Å². The molecule has 0 spiro atoms. The molecule has 6 nitrogen and oxygen atoms in total. The SMILES string of the molecule is C=C(CC)C(C=O)O/C(N)=C(\C)OC(=O)Oc1ccccc1. The Bertz CT molecular complexity index is 565. The number of hydrogen-bond donors (Lipinski definition) is 1. The first kappa shape index (κ1) is 17.3. The van der Waals surface area contributed by atoms with Crippen LogP contribution in [0, 0.1) is 0 Å². The molecule has 0 radical (unpaired) electrons. The van der Waals surface area contributed by atoms with Crippen LogP contribution in [0.15, 0.2) is 54.1 Å². The molecule has 1 unspecified atom stereocenters. The molecule has 1 atom stereocenters. The number of benzene rings is 1. The number of allylic oxidation sites excluding steroid dienone is 1. The lowest BCUT2D eigenvalue weighted by Gasteiger charge is -2.16. The van der Waals surface area contributed by atoms with E-state index in [1.54, 1.807) is 30.3 Å². The van der Waals surface area contributed by atoms with E-state index in [1.165, 1.54) is 6.92 Å². The molecule has 6 heteroatoms. The Balaban J connectivity index is 2.64. The average molecular weight is 305 g/mol. The first-order valence-electron chi connectivity index (χ1n) is 6.68. The van der Waals surface area contributed by atoms with Crippen LogP contribution >= 0.6 is 0 Å². The van der Waals surface area contributed by atoms with E-state index in [1.807, 2.05) is 6.92 Å². The standard InChI is InChI=1S/C16H19NO5/c1-4-11(2)14(10-18)22-15(17)12(3)20-16(19)21-13-8-6-5-7-9-13/h5-10,14H,2,4,17H2,1,3H3/b15-12+. The number of ether oxygens (including phenoxy) is 3. The molecule has 0 heterocycles. The van der Waals surface area contributed by atoms with Crippen molar-refractivity contribution < 1.29 is 23.8 Å². The molecule has 0 aromatic heterocycles. The van der Waals surface area contributed by atoms with Gasteiger partial charge in [0, 0.05) is 0 Å². The van der Waals surface area contributed by atoms with Crippen LogP contribution in [0.1, 0.15) is 20.3 Å². The molecule has 22 heavy (non-hydrogen) atoms. The van der Waals surface area contributed by atoms with E-state index in [-0.39, 0.29) is 11.6 Å². The highest BCUT2D eigenvalue weighted by molar-refractivity contribution is 5.65. The van der Waals surface area contributed by atoms with Gasteiger partial charge in [-0.05, 0) is 31.1 Å². The van der Waals surface area contributed by atoms with Crippen molar-refractivity contribution in [2.75, 3.05) is 0 Å². The Morgan fingerprint density at radius 2 is 2.00 bits per heavy atom. The minimum atomic E-state index is -0.952. The molecule has 0 aliphatic carbocycles. The molecule has 1 rings (SSSR count). The van der Waals surface area contributed by atoms with Crippen LogP contribution in [0.2, 0.25) is 0 Å². The number of nitrogens with two attached hydrogens (primary N) is 1. The molecular weight excluding hydrogens is 286 g/mol. The number of rotatable bonds is 7. The molecule has 1 aromatic rings. The topological polar surface area (TPSA) is 87.9 Å². The highest BCUT2D eigenvalue weighted by Crippen LogP contribution is 2.14. The minimum Gasteiger partial charge on any atom is -0.461 e. The predicted molar refractivity (Wildman–Crippen MR) is 80.8 cm³/mol. The van der Waals surface area contributed by atoms with E-state index in [4.69, 9.17) is 19.9 Å². The summed E-state index contributed by atoms with van der Waals surface area (Å²) in [6.45, 7) is 6.97. The fourth-order valence-corrected chi connectivity index (χ4v) is 1.41. The van der Waals surface area contributed by atoms with E-state index in [0.29, 0.717) is 24.0 Å². The largest absolute Gasteiger partial charge is 0.519 e. The molecule has 0 amide bonds. The van der Waals surface area contributed by atoms with Crippen molar-refractivity contribution in [1.82, 2.24) is 0 Å². The Kier molecular flexibility index (Phi) is 6.69. The zero-order valence-corrected chi connectivity index (χ0v) is 12.6. The van der Waals surface area contributed by atoms with Gasteiger partial charge in [-0.25, -0.2) is 4.79 Å². The van der Waals surface area contributed by atoms with Gasteiger partial charge in [0.25, 0.3) is 0 Å². The average Bonchev–Trinajstić information content (AvgIpc) is 2.52. The fourth-order valence-electron chi connectivity index (χ4n) is 1.41. The van der Waals surface area contributed by atoms with Crippen LogP contribution in [0.3, 0.4) is 0 Å². The second-order valence-electron chi connectivity index (χ2n) is 4.37. The third-order valence-corrected chi connectivity index (χ3v) is 2.76. The van der Waals surface area contributed by atoms with Crippen molar-refractivity contribution >= 4 is 12.4 Å². The Hall–Kier alpha value is -2.76. The highest BCUT2D eigenvalue weighted by atomic mass is 16.7. The minimum absolute atomic E-state index is 0.00307. The monoisotopic (exact) mass is 305 g/mol. The van der Waals surface area contributed by atoms with Crippen LogP contribution in [0.25, 0.3) is 0 Å². The van der Waals surface area contributed by atoms with Gasteiger partial charge in [-0.3, -0.25) is 4.79 Å². The summed E-state index contributed by atoms with van der Waals surface area (Å²) in [7, 11) is 0. The van der Waals surface area contributed by atoms with Gasteiger partial charge in [-0.1, -0.05) is 31.7 Å². The molecule has 0 bridgehead atoms. The quantitative estimate of drug-likeness (QED) is 0.274. The van der Waals surface area contributed by atoms with Crippen molar-refractivity contribution in [1.29, 1.82) is 0 Å². The number of para-hydroxylation sites is 1. The molecule has 0 saturated carbocycles. The predicted octanol–water partition coefficient (Wildman–Crippen LogP) is 2.90. The van der Waals surface area contributed by atoms with E-state index in [2.05, 4.69) is 6.58 Å². The van der Waals surface area contributed by atoms with Crippen LogP contribution in [-0.4, -0.2) is 18.5 Å². The molecular formula is C16H19NO5. The van der Waals surface area contributed by atoms with Crippen molar-refractivity contribution in [2.45, 2.75) is 26.4 Å². The summed E-state index contributed by atoms with van der Waals surface area (Å²) in [5.41, 5.74) is 6.22. The summed E-state index contributed by atoms with van der Waals surface area (Å²) >= 11 is 0. The lowest BCUT2D eigenvalue weighted by molar-refractivity contribution is -0.114. The maximum Gasteiger partial charge on any atom is 0.519 e. The van der Waals surface area contributed by atoms with Crippen molar-refractivity contribution in [3.05, 3.63) is 54.1 Å². The van der Waals surface area contributed by atoms with E-state index >= 15 is 0 Å². The molecule has 0 aliphatic rings. The highest BCUT2D eigenvalue weighted by Gasteiger charge is 2.16. The summed E-state index contributed by atoms with van der Waals surface area (Å²) in [6, 6.07) is 8.43. The molecule has 2 N–H and O–H groups in total. The zero-order chi connectivity index (χ0) is 16.5. The Morgan fingerprint density at radius 1 is 1.36 bits per heavy atom.